The summed E-state index contributed by atoms with van der Waals surface area (Å²) >= 11 is 6.63. The second-order valence-corrected chi connectivity index (χ2v) is 7.49. The molecule has 1 N–H and O–H groups in total. The van der Waals surface area contributed by atoms with Crippen molar-refractivity contribution in [3.05, 3.63) is 81.9 Å². The van der Waals surface area contributed by atoms with Crippen LogP contribution in [0.1, 0.15) is 32.9 Å². The van der Waals surface area contributed by atoms with Crippen molar-refractivity contribution in [2.75, 3.05) is 5.32 Å². The Morgan fingerprint density at radius 3 is 2.52 bits per heavy atom. The average molecular weight is 406 g/mol. The molecule has 0 aliphatic carbocycles. The predicted octanol–water partition coefficient (Wildman–Crippen LogP) is 4.71. The van der Waals surface area contributed by atoms with Gasteiger partial charge in [-0.25, -0.2) is 4.98 Å². The lowest BCUT2D eigenvalue weighted by atomic mass is 10.1. The molecule has 0 saturated carbocycles. The summed E-state index contributed by atoms with van der Waals surface area (Å²) in [5.41, 5.74) is 5.53. The fourth-order valence-electron chi connectivity index (χ4n) is 3.21. The van der Waals surface area contributed by atoms with Gasteiger partial charge in [-0.1, -0.05) is 29.3 Å². The zero-order valence-electron chi connectivity index (χ0n) is 16.4. The van der Waals surface area contributed by atoms with Crippen molar-refractivity contribution in [1.29, 1.82) is 0 Å². The number of rotatable bonds is 4. The molecule has 3 aromatic heterocycles. The lowest BCUT2D eigenvalue weighted by molar-refractivity contribution is 0.102. The van der Waals surface area contributed by atoms with Crippen LogP contribution in [0.15, 0.2) is 48.8 Å². The molecule has 6 nitrogen and oxygen atoms in total. The Balaban J connectivity index is 1.66. The Morgan fingerprint density at radius 1 is 1.07 bits per heavy atom. The summed E-state index contributed by atoms with van der Waals surface area (Å²) in [6.45, 7) is 6.37. The van der Waals surface area contributed by atoms with Crippen LogP contribution in [0, 0.1) is 20.8 Å². The van der Waals surface area contributed by atoms with Gasteiger partial charge in [-0.15, -0.1) is 0 Å². The summed E-state index contributed by atoms with van der Waals surface area (Å²) in [6, 6.07) is 11.5. The van der Waals surface area contributed by atoms with Crippen LogP contribution in [0.25, 0.3) is 11.0 Å². The first kappa shape index (κ1) is 19.1. The number of anilines is 1. The Labute approximate surface area is 173 Å². The standard InChI is InChI=1S/C22H20ClN5O/c1-13-4-7-16(8-5-13)25-22(29)18-10-24-21-19(20(18)23)14(2)11-28(21)12-17-9-6-15(3)26-27-17/h4-11H,12H2,1-3H3,(H,25,29). The van der Waals surface area contributed by atoms with Gasteiger partial charge < -0.3 is 9.88 Å². The van der Waals surface area contributed by atoms with E-state index in [1.165, 1.54) is 6.20 Å². The maximum Gasteiger partial charge on any atom is 0.258 e. The number of aromatic nitrogens is 4. The summed E-state index contributed by atoms with van der Waals surface area (Å²) in [7, 11) is 0. The molecule has 0 bridgehead atoms. The second kappa shape index (κ2) is 7.64. The van der Waals surface area contributed by atoms with Crippen LogP contribution in [0.2, 0.25) is 5.02 Å². The number of amides is 1. The fourth-order valence-corrected chi connectivity index (χ4v) is 3.57. The molecule has 146 valence electrons. The van der Waals surface area contributed by atoms with Crippen molar-refractivity contribution in [3.63, 3.8) is 0 Å². The number of fused-ring (bicyclic) bond motifs is 1. The van der Waals surface area contributed by atoms with Crippen LogP contribution in [0.3, 0.4) is 0 Å². The number of halogens is 1. The number of carbonyl (C=O) groups is 1. The van der Waals surface area contributed by atoms with Crippen molar-refractivity contribution in [1.82, 2.24) is 19.7 Å². The number of hydrogen-bond acceptors (Lipinski definition) is 4. The summed E-state index contributed by atoms with van der Waals surface area (Å²) in [5.74, 6) is -0.287. The largest absolute Gasteiger partial charge is 0.326 e. The summed E-state index contributed by atoms with van der Waals surface area (Å²) in [6.07, 6.45) is 3.48. The molecular weight excluding hydrogens is 386 g/mol. The first-order chi connectivity index (χ1) is 13.9. The van der Waals surface area contributed by atoms with Gasteiger partial charge in [0.25, 0.3) is 5.91 Å². The Morgan fingerprint density at radius 2 is 1.83 bits per heavy atom. The maximum atomic E-state index is 12.7. The summed E-state index contributed by atoms with van der Waals surface area (Å²) in [4.78, 5) is 17.3. The molecule has 7 heteroatoms. The van der Waals surface area contributed by atoms with E-state index < -0.39 is 0 Å². The highest BCUT2D eigenvalue weighted by Crippen LogP contribution is 2.30. The first-order valence-corrected chi connectivity index (χ1v) is 9.61. The van der Waals surface area contributed by atoms with Gasteiger partial charge in [-0.2, -0.15) is 10.2 Å². The molecule has 4 rings (SSSR count). The van der Waals surface area contributed by atoms with Gasteiger partial charge in [-0.3, -0.25) is 4.79 Å². The van der Waals surface area contributed by atoms with Crippen molar-refractivity contribution in [2.45, 2.75) is 27.3 Å². The molecule has 0 atom stereocenters. The van der Waals surface area contributed by atoms with Gasteiger partial charge >= 0.3 is 0 Å². The van der Waals surface area contributed by atoms with E-state index in [1.54, 1.807) is 0 Å². The van der Waals surface area contributed by atoms with Gasteiger partial charge in [0.15, 0.2) is 0 Å². The van der Waals surface area contributed by atoms with E-state index in [0.29, 0.717) is 28.5 Å². The van der Waals surface area contributed by atoms with Gasteiger partial charge in [-0.05, 0) is 50.6 Å². The predicted molar refractivity (Wildman–Crippen MR) is 114 cm³/mol. The first-order valence-electron chi connectivity index (χ1n) is 9.23. The van der Waals surface area contributed by atoms with E-state index in [-0.39, 0.29) is 5.91 Å². The normalized spacial score (nSPS) is 11.0. The highest BCUT2D eigenvalue weighted by atomic mass is 35.5. The molecule has 0 radical (unpaired) electrons. The SMILES string of the molecule is Cc1ccc(NC(=O)c2cnc3c(c(C)cn3Cc3ccc(C)nn3)c2Cl)cc1. The van der Waals surface area contributed by atoms with E-state index >= 15 is 0 Å². The quantitative estimate of drug-likeness (QED) is 0.533. The van der Waals surface area contributed by atoms with E-state index in [0.717, 1.165) is 27.9 Å². The molecule has 0 aliphatic heterocycles. The third-order valence-electron chi connectivity index (χ3n) is 4.75. The molecule has 1 amide bonds. The number of benzene rings is 1. The fraction of sp³-hybridized carbons (Fsp3) is 0.182. The molecular formula is C22H20ClN5O. The minimum atomic E-state index is -0.287. The Kier molecular flexibility index (Phi) is 5.03. The lowest BCUT2D eigenvalue weighted by Crippen LogP contribution is -2.13. The highest BCUT2D eigenvalue weighted by molar-refractivity contribution is 6.39. The van der Waals surface area contributed by atoms with Crippen LogP contribution < -0.4 is 5.32 Å². The van der Waals surface area contributed by atoms with Crippen molar-refractivity contribution in [3.8, 4) is 0 Å². The summed E-state index contributed by atoms with van der Waals surface area (Å²) < 4.78 is 1.97. The lowest BCUT2D eigenvalue weighted by Gasteiger charge is -2.09. The third kappa shape index (κ3) is 3.84. The van der Waals surface area contributed by atoms with E-state index in [2.05, 4.69) is 20.5 Å². The van der Waals surface area contributed by atoms with E-state index in [9.17, 15) is 4.79 Å². The van der Waals surface area contributed by atoms with Crippen LogP contribution in [-0.2, 0) is 6.54 Å². The molecule has 0 fully saturated rings. The number of aryl methyl sites for hydroxylation is 3. The maximum absolute atomic E-state index is 12.7. The molecule has 1 aromatic carbocycles. The molecule has 3 heterocycles. The molecule has 29 heavy (non-hydrogen) atoms. The van der Waals surface area contributed by atoms with Crippen molar-refractivity contribution in [2.24, 2.45) is 0 Å². The van der Waals surface area contributed by atoms with Crippen molar-refractivity contribution >= 4 is 34.2 Å². The minimum Gasteiger partial charge on any atom is -0.326 e. The van der Waals surface area contributed by atoms with Gasteiger partial charge in [0.2, 0.25) is 0 Å². The van der Waals surface area contributed by atoms with Crippen LogP contribution in [0.4, 0.5) is 5.69 Å². The van der Waals surface area contributed by atoms with E-state index in [1.807, 2.05) is 67.9 Å². The Hall–Kier alpha value is -3.25. The number of carbonyl (C=O) groups excluding carboxylic acids is 1. The molecule has 0 saturated heterocycles. The van der Waals surface area contributed by atoms with Gasteiger partial charge in [0, 0.05) is 23.5 Å². The molecule has 0 unspecified atom stereocenters. The topological polar surface area (TPSA) is 72.7 Å². The molecule has 0 aliphatic rings. The van der Waals surface area contributed by atoms with Crippen LogP contribution in [0.5, 0.6) is 0 Å². The van der Waals surface area contributed by atoms with Crippen LogP contribution in [-0.4, -0.2) is 25.7 Å². The number of nitrogens with one attached hydrogen (secondary N) is 1. The van der Waals surface area contributed by atoms with Gasteiger partial charge in [0.1, 0.15) is 5.65 Å². The highest BCUT2D eigenvalue weighted by Gasteiger charge is 2.19. The zero-order chi connectivity index (χ0) is 20.5. The smallest absolute Gasteiger partial charge is 0.258 e. The minimum absolute atomic E-state index is 0.287. The van der Waals surface area contributed by atoms with Gasteiger partial charge in [0.05, 0.1) is 28.5 Å². The van der Waals surface area contributed by atoms with Crippen LogP contribution >= 0.6 is 11.6 Å². The molecule has 0 spiro atoms. The monoisotopic (exact) mass is 405 g/mol. The zero-order valence-corrected chi connectivity index (χ0v) is 17.2. The average Bonchev–Trinajstić information content (AvgIpc) is 3.02. The van der Waals surface area contributed by atoms with E-state index in [4.69, 9.17) is 11.6 Å². The number of hydrogen-bond donors (Lipinski definition) is 1. The number of pyridine rings is 1. The number of nitrogens with zero attached hydrogens (tertiary/aromatic N) is 4. The molecule has 4 aromatic rings. The second-order valence-electron chi connectivity index (χ2n) is 7.11. The summed E-state index contributed by atoms with van der Waals surface area (Å²) in [5, 5.41) is 12.3. The third-order valence-corrected chi connectivity index (χ3v) is 5.14. The Bertz CT molecular complexity index is 1200. The van der Waals surface area contributed by atoms with Crippen molar-refractivity contribution < 1.29 is 4.79 Å².